The second-order valence-electron chi connectivity index (χ2n) is 6.49. The molecule has 5 nitrogen and oxygen atoms in total. The van der Waals surface area contributed by atoms with Crippen molar-refractivity contribution in [2.24, 2.45) is 18.4 Å². The van der Waals surface area contributed by atoms with Gasteiger partial charge >= 0.3 is 0 Å². The SMILES string of the molecule is Cn1c(NC(=O)C2CC23CCNCC3)nc2cc(F)ccc21. The predicted molar refractivity (Wildman–Crippen MR) is 81.9 cm³/mol. The van der Waals surface area contributed by atoms with Gasteiger partial charge in [0, 0.05) is 19.0 Å². The molecule has 1 aliphatic carbocycles. The van der Waals surface area contributed by atoms with Gasteiger partial charge in [-0.3, -0.25) is 10.1 Å². The van der Waals surface area contributed by atoms with E-state index in [0.29, 0.717) is 11.5 Å². The van der Waals surface area contributed by atoms with Crippen LogP contribution in [0.4, 0.5) is 10.3 Å². The molecule has 1 aliphatic heterocycles. The molecule has 22 heavy (non-hydrogen) atoms. The van der Waals surface area contributed by atoms with Gasteiger partial charge in [-0.25, -0.2) is 9.37 Å². The topological polar surface area (TPSA) is 59.0 Å². The maximum Gasteiger partial charge on any atom is 0.230 e. The van der Waals surface area contributed by atoms with Crippen molar-refractivity contribution < 1.29 is 9.18 Å². The number of hydrogen-bond acceptors (Lipinski definition) is 3. The van der Waals surface area contributed by atoms with Gasteiger partial charge in [0.1, 0.15) is 5.82 Å². The molecule has 2 fully saturated rings. The molecule has 1 unspecified atom stereocenters. The molecule has 0 radical (unpaired) electrons. The number of halogens is 1. The lowest BCUT2D eigenvalue weighted by molar-refractivity contribution is -0.118. The number of carbonyl (C=O) groups excluding carboxylic acids is 1. The Balaban J connectivity index is 1.54. The number of nitrogens with one attached hydrogen (secondary N) is 2. The third-order valence-corrected chi connectivity index (χ3v) is 5.18. The Bertz CT molecular complexity index is 748. The number of piperidine rings is 1. The number of aromatic nitrogens is 2. The van der Waals surface area contributed by atoms with Gasteiger partial charge in [-0.15, -0.1) is 0 Å². The van der Waals surface area contributed by atoms with Crippen LogP contribution in [-0.2, 0) is 11.8 Å². The second kappa shape index (κ2) is 4.78. The molecule has 1 amide bonds. The summed E-state index contributed by atoms with van der Waals surface area (Å²) in [7, 11) is 1.83. The molecule has 6 heteroatoms. The van der Waals surface area contributed by atoms with E-state index in [2.05, 4.69) is 15.6 Å². The van der Waals surface area contributed by atoms with Crippen molar-refractivity contribution in [3.8, 4) is 0 Å². The molecular formula is C16H19FN4O. The van der Waals surface area contributed by atoms with Crippen LogP contribution >= 0.6 is 0 Å². The average Bonchev–Trinajstić information content (AvgIpc) is 3.11. The molecular weight excluding hydrogens is 283 g/mol. The molecule has 1 aromatic carbocycles. The van der Waals surface area contributed by atoms with E-state index in [-0.39, 0.29) is 23.1 Å². The summed E-state index contributed by atoms with van der Waals surface area (Å²) < 4.78 is 15.1. The number of benzene rings is 1. The minimum Gasteiger partial charge on any atom is -0.317 e. The quantitative estimate of drug-likeness (QED) is 0.892. The van der Waals surface area contributed by atoms with Gasteiger partial charge < -0.3 is 9.88 Å². The summed E-state index contributed by atoms with van der Waals surface area (Å²) in [5.41, 5.74) is 1.57. The van der Waals surface area contributed by atoms with E-state index in [1.54, 1.807) is 10.6 Å². The molecule has 1 spiro atoms. The van der Waals surface area contributed by atoms with Crippen LogP contribution in [0.25, 0.3) is 11.0 Å². The van der Waals surface area contributed by atoms with Crippen LogP contribution < -0.4 is 10.6 Å². The first-order valence-electron chi connectivity index (χ1n) is 7.73. The highest BCUT2D eigenvalue weighted by molar-refractivity contribution is 5.95. The lowest BCUT2D eigenvalue weighted by Gasteiger charge is -2.23. The van der Waals surface area contributed by atoms with Gasteiger partial charge in [0.05, 0.1) is 11.0 Å². The Labute approximate surface area is 127 Å². The third-order valence-electron chi connectivity index (χ3n) is 5.18. The van der Waals surface area contributed by atoms with E-state index < -0.39 is 0 Å². The first-order chi connectivity index (χ1) is 10.6. The minimum atomic E-state index is -0.320. The zero-order chi connectivity index (χ0) is 15.3. The van der Waals surface area contributed by atoms with Crippen LogP contribution in [0.3, 0.4) is 0 Å². The van der Waals surface area contributed by atoms with Crippen molar-refractivity contribution in [3.05, 3.63) is 24.0 Å². The first kappa shape index (κ1) is 13.7. The second-order valence-corrected chi connectivity index (χ2v) is 6.49. The van der Waals surface area contributed by atoms with Gasteiger partial charge in [0.25, 0.3) is 0 Å². The lowest BCUT2D eigenvalue weighted by atomic mass is 9.92. The summed E-state index contributed by atoms with van der Waals surface area (Å²) in [6.45, 7) is 1.99. The van der Waals surface area contributed by atoms with E-state index in [1.165, 1.54) is 12.1 Å². The zero-order valence-corrected chi connectivity index (χ0v) is 12.5. The van der Waals surface area contributed by atoms with Crippen LogP contribution in [-0.4, -0.2) is 28.5 Å². The van der Waals surface area contributed by atoms with Crippen molar-refractivity contribution in [3.63, 3.8) is 0 Å². The number of rotatable bonds is 2. The number of anilines is 1. The minimum absolute atomic E-state index is 0.0424. The fourth-order valence-corrected chi connectivity index (χ4v) is 3.68. The smallest absolute Gasteiger partial charge is 0.230 e. The molecule has 116 valence electrons. The highest BCUT2D eigenvalue weighted by Gasteiger charge is 2.57. The number of carbonyl (C=O) groups is 1. The Morgan fingerprint density at radius 2 is 2.23 bits per heavy atom. The summed E-state index contributed by atoms with van der Waals surface area (Å²) in [4.78, 5) is 16.8. The zero-order valence-electron chi connectivity index (χ0n) is 12.5. The Kier molecular flexibility index (Phi) is 2.97. The maximum atomic E-state index is 13.3. The van der Waals surface area contributed by atoms with Crippen molar-refractivity contribution in [2.45, 2.75) is 19.3 Å². The number of nitrogens with zero attached hydrogens (tertiary/aromatic N) is 2. The van der Waals surface area contributed by atoms with Gasteiger partial charge in [-0.2, -0.15) is 0 Å². The van der Waals surface area contributed by atoms with Crippen LogP contribution in [0.2, 0.25) is 0 Å². The molecule has 1 atom stereocenters. The Morgan fingerprint density at radius 3 is 3.00 bits per heavy atom. The van der Waals surface area contributed by atoms with E-state index >= 15 is 0 Å². The number of fused-ring (bicyclic) bond motifs is 1. The average molecular weight is 302 g/mol. The van der Waals surface area contributed by atoms with Crippen LogP contribution in [0.1, 0.15) is 19.3 Å². The van der Waals surface area contributed by atoms with Crippen LogP contribution in [0.5, 0.6) is 0 Å². The number of aryl methyl sites for hydroxylation is 1. The molecule has 2 aliphatic rings. The largest absolute Gasteiger partial charge is 0.317 e. The van der Waals surface area contributed by atoms with Crippen molar-refractivity contribution in [1.82, 2.24) is 14.9 Å². The normalized spacial score (nSPS) is 22.9. The van der Waals surface area contributed by atoms with E-state index in [0.717, 1.165) is 37.9 Å². The van der Waals surface area contributed by atoms with Crippen molar-refractivity contribution in [1.29, 1.82) is 0 Å². The number of imidazole rings is 1. The van der Waals surface area contributed by atoms with Crippen LogP contribution in [0, 0.1) is 17.2 Å². The molecule has 2 N–H and O–H groups in total. The molecule has 4 rings (SSSR count). The monoisotopic (exact) mass is 302 g/mol. The highest BCUT2D eigenvalue weighted by atomic mass is 19.1. The Morgan fingerprint density at radius 1 is 1.45 bits per heavy atom. The molecule has 0 bridgehead atoms. The van der Waals surface area contributed by atoms with Gasteiger partial charge in [0.15, 0.2) is 0 Å². The van der Waals surface area contributed by atoms with E-state index in [1.807, 2.05) is 7.05 Å². The summed E-state index contributed by atoms with van der Waals surface area (Å²) in [6.07, 6.45) is 3.11. The summed E-state index contributed by atoms with van der Waals surface area (Å²) in [5.74, 6) is 0.299. The van der Waals surface area contributed by atoms with Gasteiger partial charge in [-0.05, 0) is 49.9 Å². The molecule has 1 saturated carbocycles. The van der Waals surface area contributed by atoms with E-state index in [4.69, 9.17) is 0 Å². The number of hydrogen-bond donors (Lipinski definition) is 2. The highest BCUT2D eigenvalue weighted by Crippen LogP contribution is 2.58. The van der Waals surface area contributed by atoms with Gasteiger partial charge in [0.2, 0.25) is 11.9 Å². The molecule has 2 aromatic rings. The van der Waals surface area contributed by atoms with Crippen molar-refractivity contribution >= 4 is 22.9 Å². The Hall–Kier alpha value is -1.95. The van der Waals surface area contributed by atoms with Gasteiger partial charge in [-0.1, -0.05) is 0 Å². The molecule has 2 heterocycles. The summed E-state index contributed by atoms with van der Waals surface area (Å²) in [6, 6.07) is 4.47. The lowest BCUT2D eigenvalue weighted by Crippen LogP contribution is -2.31. The summed E-state index contributed by atoms with van der Waals surface area (Å²) >= 11 is 0. The van der Waals surface area contributed by atoms with Crippen LogP contribution in [0.15, 0.2) is 18.2 Å². The third kappa shape index (κ3) is 2.09. The molecule has 1 saturated heterocycles. The molecule has 1 aromatic heterocycles. The number of amides is 1. The van der Waals surface area contributed by atoms with Crippen molar-refractivity contribution in [2.75, 3.05) is 18.4 Å². The standard InChI is InChI=1S/C16H19FN4O/c1-21-13-3-2-10(17)8-12(13)19-15(21)20-14(22)11-9-16(11)4-6-18-7-5-16/h2-3,8,11,18H,4-7,9H2,1H3,(H,19,20,22). The summed E-state index contributed by atoms with van der Waals surface area (Å²) in [5, 5.41) is 6.26. The fraction of sp³-hybridized carbons (Fsp3) is 0.500. The predicted octanol–water partition coefficient (Wildman–Crippen LogP) is 2.04. The fourth-order valence-electron chi connectivity index (χ4n) is 3.68. The van der Waals surface area contributed by atoms with E-state index in [9.17, 15) is 9.18 Å². The first-order valence-corrected chi connectivity index (χ1v) is 7.73. The maximum absolute atomic E-state index is 13.3.